The van der Waals surface area contributed by atoms with Gasteiger partial charge in [0.2, 0.25) is 5.82 Å². The Kier molecular flexibility index (Phi) is 5.11. The summed E-state index contributed by atoms with van der Waals surface area (Å²) < 4.78 is 48.1. The predicted molar refractivity (Wildman–Crippen MR) is 89.8 cm³/mol. The summed E-state index contributed by atoms with van der Waals surface area (Å²) in [5.41, 5.74) is 0.704. The second kappa shape index (κ2) is 7.34. The predicted octanol–water partition coefficient (Wildman–Crippen LogP) is 4.34. The summed E-state index contributed by atoms with van der Waals surface area (Å²) in [4.78, 5) is 3.39. The first-order valence-corrected chi connectivity index (χ1v) is 8.20. The molecule has 0 aliphatic heterocycles. The molecule has 0 saturated carbocycles. The van der Waals surface area contributed by atoms with E-state index < -0.39 is 17.7 Å². The van der Waals surface area contributed by atoms with Crippen molar-refractivity contribution in [2.75, 3.05) is 0 Å². The Morgan fingerprint density at radius 1 is 1.11 bits per heavy atom. The van der Waals surface area contributed by atoms with Crippen LogP contribution >= 0.6 is 0 Å². The van der Waals surface area contributed by atoms with E-state index in [0.29, 0.717) is 24.2 Å². The second-order valence-electron chi connectivity index (χ2n) is 6.53. The van der Waals surface area contributed by atoms with E-state index in [-0.39, 0.29) is 5.82 Å². The lowest BCUT2D eigenvalue weighted by Gasteiger charge is -2.26. The van der Waals surface area contributed by atoms with Crippen LogP contribution in [0, 0.1) is 0 Å². The van der Waals surface area contributed by atoms with Crippen LogP contribution in [0.2, 0.25) is 0 Å². The lowest BCUT2D eigenvalue weighted by molar-refractivity contribution is -0.159. The smallest absolute Gasteiger partial charge is 0.471 e. The van der Waals surface area contributed by atoms with Gasteiger partial charge in [-0.3, -0.25) is 0 Å². The third-order valence-electron chi connectivity index (χ3n) is 3.77. The van der Waals surface area contributed by atoms with Crippen molar-refractivity contribution in [3.05, 3.63) is 54.2 Å². The largest absolute Gasteiger partial charge is 0.488 e. The first-order valence-electron chi connectivity index (χ1n) is 8.20. The number of hydrogen-bond acceptors (Lipinski definition) is 6. The number of alkyl halides is 3. The van der Waals surface area contributed by atoms with Gasteiger partial charge in [0.05, 0.1) is 5.69 Å². The lowest BCUT2D eigenvalue weighted by atomic mass is 10.0. The van der Waals surface area contributed by atoms with Crippen LogP contribution < -0.4 is 4.74 Å². The zero-order chi connectivity index (χ0) is 19.5. The number of hydrogen-bond donors (Lipinski definition) is 0. The molecule has 2 aromatic heterocycles. The van der Waals surface area contributed by atoms with Crippen LogP contribution in [0.1, 0.15) is 31.9 Å². The molecule has 1 aromatic carbocycles. The minimum Gasteiger partial charge on any atom is -0.488 e. The fourth-order valence-corrected chi connectivity index (χ4v) is 2.42. The Labute approximate surface area is 153 Å². The summed E-state index contributed by atoms with van der Waals surface area (Å²) in [5, 5.41) is 11.3. The van der Waals surface area contributed by atoms with Gasteiger partial charge in [-0.1, -0.05) is 17.3 Å². The maximum absolute atomic E-state index is 12.6. The molecule has 0 atom stereocenters. The minimum absolute atomic E-state index is 0.148. The highest BCUT2D eigenvalue weighted by atomic mass is 19.4. The monoisotopic (exact) mass is 378 g/mol. The number of aryl methyl sites for hydroxylation is 1. The number of aromatic nitrogens is 4. The van der Waals surface area contributed by atoms with Gasteiger partial charge in [0, 0.05) is 11.8 Å². The summed E-state index contributed by atoms with van der Waals surface area (Å²) in [5.74, 6) is -1.03. The molecular formula is C18H17F3N4O2. The van der Waals surface area contributed by atoms with Gasteiger partial charge in [0.1, 0.15) is 11.4 Å². The molecule has 0 unspecified atom stereocenters. The third-order valence-corrected chi connectivity index (χ3v) is 3.77. The number of halogens is 3. The Balaban J connectivity index is 1.70. The molecule has 0 N–H and O–H groups in total. The van der Waals surface area contributed by atoms with Crippen LogP contribution in [0.15, 0.2) is 47.1 Å². The van der Waals surface area contributed by atoms with E-state index in [4.69, 9.17) is 4.74 Å². The van der Waals surface area contributed by atoms with E-state index in [1.54, 1.807) is 30.5 Å². The third kappa shape index (κ3) is 5.02. The van der Waals surface area contributed by atoms with Crippen LogP contribution in [-0.2, 0) is 12.6 Å². The maximum Gasteiger partial charge on any atom is 0.471 e. The van der Waals surface area contributed by atoms with Gasteiger partial charge in [-0.2, -0.15) is 28.4 Å². The maximum atomic E-state index is 12.6. The van der Waals surface area contributed by atoms with Crippen molar-refractivity contribution in [3.63, 3.8) is 0 Å². The van der Waals surface area contributed by atoms with Gasteiger partial charge in [0.15, 0.2) is 0 Å². The highest BCUT2D eigenvalue weighted by Gasteiger charge is 2.38. The molecule has 9 heteroatoms. The average molecular weight is 378 g/mol. The SMILES string of the molecule is CC(C)(CCc1cccnn1)Oc1cccc(-c2noc(C(F)(F)F)n2)c1. The Hall–Kier alpha value is -2.97. The van der Waals surface area contributed by atoms with Crippen LogP contribution in [0.3, 0.4) is 0 Å². The van der Waals surface area contributed by atoms with Crippen LogP contribution in [0.4, 0.5) is 13.2 Å². The van der Waals surface area contributed by atoms with Gasteiger partial charge in [-0.25, -0.2) is 0 Å². The topological polar surface area (TPSA) is 73.9 Å². The molecule has 6 nitrogen and oxygen atoms in total. The molecule has 0 radical (unpaired) electrons. The fourth-order valence-electron chi connectivity index (χ4n) is 2.42. The molecule has 0 amide bonds. The normalized spacial score (nSPS) is 12.2. The molecule has 142 valence electrons. The second-order valence-corrected chi connectivity index (χ2v) is 6.53. The number of nitrogens with zero attached hydrogens (tertiary/aromatic N) is 4. The van der Waals surface area contributed by atoms with Crippen molar-refractivity contribution in [3.8, 4) is 17.1 Å². The molecule has 3 aromatic rings. The molecule has 2 heterocycles. The van der Waals surface area contributed by atoms with Crippen LogP contribution in [0.25, 0.3) is 11.4 Å². The Bertz CT molecular complexity index is 895. The number of rotatable bonds is 6. The quantitative estimate of drug-likeness (QED) is 0.635. The minimum atomic E-state index is -4.68. The van der Waals surface area contributed by atoms with Crippen molar-refractivity contribution in [1.82, 2.24) is 20.3 Å². The highest BCUT2D eigenvalue weighted by Crippen LogP contribution is 2.31. The zero-order valence-electron chi connectivity index (χ0n) is 14.7. The zero-order valence-corrected chi connectivity index (χ0v) is 14.7. The lowest BCUT2D eigenvalue weighted by Crippen LogP contribution is -2.29. The Morgan fingerprint density at radius 3 is 2.59 bits per heavy atom. The van der Waals surface area contributed by atoms with E-state index in [1.165, 1.54) is 0 Å². The summed E-state index contributed by atoms with van der Waals surface area (Å²) in [7, 11) is 0. The molecule has 27 heavy (non-hydrogen) atoms. The molecular weight excluding hydrogens is 361 g/mol. The summed E-state index contributed by atoms with van der Waals surface area (Å²) >= 11 is 0. The van der Waals surface area contributed by atoms with Gasteiger partial charge in [0.25, 0.3) is 0 Å². The molecule has 0 aliphatic rings. The van der Waals surface area contributed by atoms with Crippen molar-refractivity contribution in [2.45, 2.75) is 38.5 Å². The van der Waals surface area contributed by atoms with E-state index in [0.717, 1.165) is 5.69 Å². The highest BCUT2D eigenvalue weighted by molar-refractivity contribution is 5.56. The summed E-state index contributed by atoms with van der Waals surface area (Å²) in [6.07, 6.45) is -1.71. The molecule has 0 spiro atoms. The van der Waals surface area contributed by atoms with E-state index in [1.807, 2.05) is 26.0 Å². The molecule has 0 bridgehead atoms. The van der Waals surface area contributed by atoms with Crippen molar-refractivity contribution < 1.29 is 22.4 Å². The first kappa shape index (κ1) is 18.8. The molecule has 0 fully saturated rings. The number of ether oxygens (including phenoxy) is 1. The fraction of sp³-hybridized carbons (Fsp3) is 0.333. The van der Waals surface area contributed by atoms with Crippen molar-refractivity contribution >= 4 is 0 Å². The standard InChI is InChI=1S/C18H17F3N4O2/c1-17(2,9-8-13-6-4-10-22-24-13)26-14-7-3-5-12(11-14)15-23-16(27-25-15)18(19,20)21/h3-7,10-11H,8-9H2,1-2H3. The number of benzene rings is 1. The molecule has 3 rings (SSSR count). The summed E-state index contributed by atoms with van der Waals surface area (Å²) in [6.45, 7) is 3.85. The van der Waals surface area contributed by atoms with Crippen LogP contribution in [0.5, 0.6) is 5.75 Å². The van der Waals surface area contributed by atoms with Gasteiger partial charge < -0.3 is 9.26 Å². The first-order chi connectivity index (χ1) is 12.7. The van der Waals surface area contributed by atoms with Gasteiger partial charge >= 0.3 is 12.1 Å². The molecule has 0 saturated heterocycles. The molecule has 0 aliphatic carbocycles. The average Bonchev–Trinajstić information content (AvgIpc) is 3.11. The summed E-state index contributed by atoms with van der Waals surface area (Å²) in [6, 6.07) is 10.3. The Morgan fingerprint density at radius 2 is 1.93 bits per heavy atom. The van der Waals surface area contributed by atoms with Crippen LogP contribution in [-0.4, -0.2) is 25.9 Å². The van der Waals surface area contributed by atoms with Gasteiger partial charge in [-0.05, 0) is 51.0 Å². The van der Waals surface area contributed by atoms with E-state index >= 15 is 0 Å². The van der Waals surface area contributed by atoms with Crippen molar-refractivity contribution in [2.24, 2.45) is 0 Å². The van der Waals surface area contributed by atoms with Crippen molar-refractivity contribution in [1.29, 1.82) is 0 Å². The van der Waals surface area contributed by atoms with E-state index in [9.17, 15) is 13.2 Å². The van der Waals surface area contributed by atoms with E-state index in [2.05, 4.69) is 24.9 Å². The van der Waals surface area contributed by atoms with Gasteiger partial charge in [-0.15, -0.1) is 0 Å².